The predicted molar refractivity (Wildman–Crippen MR) is 54.6 cm³/mol. The lowest BCUT2D eigenvalue weighted by Gasteiger charge is -2.42. The molecule has 0 aromatic rings. The highest BCUT2D eigenvalue weighted by Crippen LogP contribution is 2.23. The molecule has 0 radical (unpaired) electrons. The lowest BCUT2D eigenvalue weighted by atomic mass is 10.1. The van der Waals surface area contributed by atoms with Gasteiger partial charge in [0.15, 0.2) is 0 Å². The maximum atomic E-state index is 9.17. The van der Waals surface area contributed by atoms with Gasteiger partial charge in [0.05, 0.1) is 6.61 Å². The molecule has 0 aromatic carbocycles. The van der Waals surface area contributed by atoms with E-state index in [1.807, 2.05) is 11.8 Å². The first-order valence-electron chi connectivity index (χ1n) is 4.62. The van der Waals surface area contributed by atoms with Crippen molar-refractivity contribution in [1.82, 2.24) is 4.90 Å². The van der Waals surface area contributed by atoms with Gasteiger partial charge in [0.2, 0.25) is 0 Å². The van der Waals surface area contributed by atoms with E-state index in [1.54, 1.807) is 0 Å². The molecule has 0 bridgehead atoms. The molecule has 72 valence electrons. The minimum atomic E-state index is 0.301. The summed E-state index contributed by atoms with van der Waals surface area (Å²) < 4.78 is 0. The fraction of sp³-hybridized carbons (Fsp3) is 1.00. The zero-order chi connectivity index (χ0) is 9.14. The quantitative estimate of drug-likeness (QED) is 0.706. The summed E-state index contributed by atoms with van der Waals surface area (Å²) >= 11 is 1.96. The summed E-state index contributed by atoms with van der Waals surface area (Å²) in [5.74, 6) is 2.29. The van der Waals surface area contributed by atoms with Crippen LogP contribution < -0.4 is 0 Å². The zero-order valence-corrected chi connectivity index (χ0v) is 8.97. The fourth-order valence-electron chi connectivity index (χ4n) is 1.98. The van der Waals surface area contributed by atoms with E-state index in [2.05, 4.69) is 25.7 Å². The molecular formula is C9H19NOS. The van der Waals surface area contributed by atoms with Gasteiger partial charge in [0.1, 0.15) is 0 Å². The van der Waals surface area contributed by atoms with Gasteiger partial charge in [-0.1, -0.05) is 0 Å². The fourth-order valence-corrected chi connectivity index (χ4v) is 3.18. The van der Waals surface area contributed by atoms with Crippen LogP contribution in [0.2, 0.25) is 0 Å². The summed E-state index contributed by atoms with van der Waals surface area (Å²) in [4.78, 5) is 2.43. The van der Waals surface area contributed by atoms with Gasteiger partial charge in [-0.05, 0) is 20.8 Å². The number of hydrogen-bond acceptors (Lipinski definition) is 3. The maximum absolute atomic E-state index is 9.17. The van der Waals surface area contributed by atoms with E-state index >= 15 is 0 Å². The van der Waals surface area contributed by atoms with E-state index in [1.165, 1.54) is 5.75 Å². The second-order valence-electron chi connectivity index (χ2n) is 3.76. The third-order valence-corrected chi connectivity index (χ3v) is 3.75. The molecule has 2 nitrogen and oxygen atoms in total. The maximum Gasteiger partial charge on any atom is 0.0595 e. The average Bonchev–Trinajstić information content (AvgIpc) is 2.03. The van der Waals surface area contributed by atoms with Crippen molar-refractivity contribution >= 4 is 11.8 Å². The second kappa shape index (κ2) is 4.49. The Kier molecular flexibility index (Phi) is 3.87. The van der Waals surface area contributed by atoms with Crippen molar-refractivity contribution in [2.24, 2.45) is 0 Å². The first-order valence-corrected chi connectivity index (χ1v) is 5.78. The molecule has 1 aliphatic rings. The van der Waals surface area contributed by atoms with Crippen molar-refractivity contribution in [3.8, 4) is 0 Å². The van der Waals surface area contributed by atoms with Gasteiger partial charge < -0.3 is 5.11 Å². The van der Waals surface area contributed by atoms with Crippen molar-refractivity contribution in [2.45, 2.75) is 38.9 Å². The molecule has 2 unspecified atom stereocenters. The molecule has 0 amide bonds. The van der Waals surface area contributed by atoms with Gasteiger partial charge in [0.25, 0.3) is 0 Å². The SMILES string of the molecule is CC(C)N1C(C)CSCC1CO. The molecule has 0 aliphatic carbocycles. The van der Waals surface area contributed by atoms with Crippen molar-refractivity contribution < 1.29 is 5.11 Å². The Morgan fingerprint density at radius 2 is 2.17 bits per heavy atom. The summed E-state index contributed by atoms with van der Waals surface area (Å²) in [5, 5.41) is 9.17. The number of thioether (sulfide) groups is 1. The zero-order valence-electron chi connectivity index (χ0n) is 8.16. The molecule has 1 aliphatic heterocycles. The topological polar surface area (TPSA) is 23.5 Å². The van der Waals surface area contributed by atoms with Crippen molar-refractivity contribution in [3.63, 3.8) is 0 Å². The summed E-state index contributed by atoms with van der Waals surface area (Å²) in [6.45, 7) is 6.95. The van der Waals surface area contributed by atoms with Crippen LogP contribution in [-0.4, -0.2) is 46.2 Å². The largest absolute Gasteiger partial charge is 0.395 e. The summed E-state index contributed by atoms with van der Waals surface area (Å²) in [6.07, 6.45) is 0. The Morgan fingerprint density at radius 3 is 2.58 bits per heavy atom. The number of aliphatic hydroxyl groups excluding tert-OH is 1. The third kappa shape index (κ3) is 2.15. The Labute approximate surface area is 79.3 Å². The molecule has 1 saturated heterocycles. The molecule has 1 fully saturated rings. The van der Waals surface area contributed by atoms with Gasteiger partial charge in [-0.15, -0.1) is 0 Å². The molecule has 1 rings (SSSR count). The van der Waals surface area contributed by atoms with Crippen LogP contribution in [0.15, 0.2) is 0 Å². The minimum absolute atomic E-state index is 0.301. The van der Waals surface area contributed by atoms with E-state index in [-0.39, 0.29) is 0 Å². The minimum Gasteiger partial charge on any atom is -0.395 e. The van der Waals surface area contributed by atoms with Crippen LogP contribution in [0, 0.1) is 0 Å². The first-order chi connectivity index (χ1) is 5.66. The van der Waals surface area contributed by atoms with Gasteiger partial charge in [0, 0.05) is 29.6 Å². The second-order valence-corrected chi connectivity index (χ2v) is 4.84. The number of aliphatic hydroxyl groups is 1. The van der Waals surface area contributed by atoms with Gasteiger partial charge in [-0.2, -0.15) is 11.8 Å². The number of rotatable bonds is 2. The molecule has 12 heavy (non-hydrogen) atoms. The Morgan fingerprint density at radius 1 is 1.50 bits per heavy atom. The van der Waals surface area contributed by atoms with Crippen molar-refractivity contribution in [3.05, 3.63) is 0 Å². The van der Waals surface area contributed by atoms with E-state index in [4.69, 9.17) is 0 Å². The summed E-state index contributed by atoms with van der Waals surface area (Å²) in [6, 6.07) is 1.54. The Hall–Kier alpha value is 0.270. The molecule has 3 heteroatoms. The van der Waals surface area contributed by atoms with Gasteiger partial charge in [-0.25, -0.2) is 0 Å². The molecule has 1 heterocycles. The van der Waals surface area contributed by atoms with Crippen LogP contribution in [0.5, 0.6) is 0 Å². The van der Waals surface area contributed by atoms with Crippen LogP contribution in [-0.2, 0) is 0 Å². The van der Waals surface area contributed by atoms with Gasteiger partial charge >= 0.3 is 0 Å². The number of nitrogens with zero attached hydrogens (tertiary/aromatic N) is 1. The Balaban J connectivity index is 2.59. The van der Waals surface area contributed by atoms with Crippen molar-refractivity contribution in [2.75, 3.05) is 18.1 Å². The van der Waals surface area contributed by atoms with Crippen molar-refractivity contribution in [1.29, 1.82) is 0 Å². The summed E-state index contributed by atoms with van der Waals surface area (Å²) in [7, 11) is 0. The van der Waals surface area contributed by atoms with Crippen LogP contribution in [0.1, 0.15) is 20.8 Å². The standard InChI is InChI=1S/C9H19NOS/c1-7(2)10-8(3)5-12-6-9(10)4-11/h7-9,11H,4-6H2,1-3H3. The van der Waals surface area contributed by atoms with Gasteiger partial charge in [-0.3, -0.25) is 4.90 Å². The average molecular weight is 189 g/mol. The normalized spacial score (nSPS) is 32.8. The molecule has 0 spiro atoms. The smallest absolute Gasteiger partial charge is 0.0595 e. The molecular weight excluding hydrogens is 170 g/mol. The van der Waals surface area contributed by atoms with Crippen LogP contribution in [0.3, 0.4) is 0 Å². The highest BCUT2D eigenvalue weighted by atomic mass is 32.2. The number of hydrogen-bond donors (Lipinski definition) is 1. The summed E-state index contributed by atoms with van der Waals surface area (Å²) in [5.41, 5.74) is 0. The highest BCUT2D eigenvalue weighted by Gasteiger charge is 2.29. The van der Waals surface area contributed by atoms with E-state index < -0.39 is 0 Å². The molecule has 1 N–H and O–H groups in total. The lowest BCUT2D eigenvalue weighted by Crippen LogP contribution is -2.53. The molecule has 0 saturated carbocycles. The highest BCUT2D eigenvalue weighted by molar-refractivity contribution is 7.99. The van der Waals surface area contributed by atoms with E-state index in [0.29, 0.717) is 24.7 Å². The molecule has 2 atom stereocenters. The Bertz CT molecular complexity index is 140. The van der Waals surface area contributed by atoms with E-state index in [0.717, 1.165) is 5.75 Å². The molecule has 0 aromatic heterocycles. The first kappa shape index (κ1) is 10.4. The van der Waals surface area contributed by atoms with Crippen LogP contribution in [0.25, 0.3) is 0 Å². The lowest BCUT2D eigenvalue weighted by molar-refractivity contribution is 0.0773. The van der Waals surface area contributed by atoms with Crippen LogP contribution in [0.4, 0.5) is 0 Å². The monoisotopic (exact) mass is 189 g/mol. The predicted octanol–water partition coefficient (Wildman–Crippen LogP) is 1.19. The van der Waals surface area contributed by atoms with E-state index in [9.17, 15) is 5.11 Å². The third-order valence-electron chi connectivity index (χ3n) is 2.41. The van der Waals surface area contributed by atoms with Crippen LogP contribution >= 0.6 is 11.8 Å².